The van der Waals surface area contributed by atoms with Gasteiger partial charge in [-0.3, -0.25) is 14.9 Å². The van der Waals surface area contributed by atoms with Crippen LogP contribution in [0.3, 0.4) is 0 Å². The Bertz CT molecular complexity index is 777. The molecule has 2 heterocycles. The minimum atomic E-state index is -0.438. The van der Waals surface area contributed by atoms with Crippen molar-refractivity contribution in [2.24, 2.45) is 11.3 Å². The van der Waals surface area contributed by atoms with Gasteiger partial charge in [-0.2, -0.15) is 0 Å². The predicted molar refractivity (Wildman–Crippen MR) is 107 cm³/mol. The molecule has 1 saturated carbocycles. The van der Waals surface area contributed by atoms with E-state index in [4.69, 9.17) is 4.74 Å². The lowest BCUT2D eigenvalue weighted by atomic mass is 9.77. The minimum Gasteiger partial charge on any atom is -0.383 e. The van der Waals surface area contributed by atoms with Crippen LogP contribution in [0.1, 0.15) is 43.0 Å². The van der Waals surface area contributed by atoms with Crippen molar-refractivity contribution in [1.82, 2.24) is 5.32 Å². The summed E-state index contributed by atoms with van der Waals surface area (Å²) in [5, 5.41) is 17.5. The zero-order valence-corrected chi connectivity index (χ0v) is 16.5. The first-order valence-electron chi connectivity index (χ1n) is 10.0. The first kappa shape index (κ1) is 19.0. The highest BCUT2D eigenvalue weighted by Gasteiger charge is 2.50. The second-order valence-electron chi connectivity index (χ2n) is 8.67. The van der Waals surface area contributed by atoms with Gasteiger partial charge >= 0.3 is 0 Å². The molecule has 8 nitrogen and oxygen atoms in total. The molecule has 28 heavy (non-hydrogen) atoms. The van der Waals surface area contributed by atoms with Gasteiger partial charge in [-0.15, -0.1) is 0 Å². The molecule has 2 aliphatic heterocycles. The Labute approximate surface area is 164 Å². The molecule has 0 unspecified atom stereocenters. The number of carbonyl (C=O) groups is 1. The van der Waals surface area contributed by atoms with E-state index in [0.717, 1.165) is 57.7 Å². The number of anilines is 2. The molecule has 1 spiro atoms. The third kappa shape index (κ3) is 3.41. The van der Waals surface area contributed by atoms with Crippen molar-refractivity contribution >= 4 is 23.0 Å². The largest absolute Gasteiger partial charge is 0.383 e. The van der Waals surface area contributed by atoms with Crippen molar-refractivity contribution in [3.63, 3.8) is 0 Å². The zero-order chi connectivity index (χ0) is 19.9. The molecule has 0 aromatic heterocycles. The Hall–Kier alpha value is -2.35. The zero-order valence-electron chi connectivity index (χ0n) is 16.5. The molecule has 0 bridgehead atoms. The number of rotatable bonds is 5. The maximum atomic E-state index is 13.1. The van der Waals surface area contributed by atoms with E-state index >= 15 is 0 Å². The molecule has 1 aromatic carbocycles. The number of nitrogens with one attached hydrogen (secondary N) is 2. The lowest BCUT2D eigenvalue weighted by Crippen LogP contribution is -2.66. The van der Waals surface area contributed by atoms with Gasteiger partial charge in [0.2, 0.25) is 0 Å². The van der Waals surface area contributed by atoms with Crippen LogP contribution < -0.4 is 15.5 Å². The molecule has 4 rings (SSSR count). The van der Waals surface area contributed by atoms with Crippen molar-refractivity contribution in [3.05, 3.63) is 27.8 Å². The van der Waals surface area contributed by atoms with Gasteiger partial charge in [0, 0.05) is 32.2 Å². The standard InChI is InChI=1S/C20H28N4O4/c1-13-3-5-14(6-4-13)22-19(25)15-7-18(24(26)27)16(21-2)8-17(15)23-9-20(10-23)11-28-12-20/h7-8,13-14,21H,3-6,9-12H2,1-2H3,(H,22,25)/t13-,14-. The second kappa shape index (κ2) is 7.24. The number of amides is 1. The summed E-state index contributed by atoms with van der Waals surface area (Å²) < 4.78 is 5.34. The van der Waals surface area contributed by atoms with E-state index in [1.807, 2.05) is 0 Å². The molecule has 1 amide bonds. The van der Waals surface area contributed by atoms with Crippen LogP contribution in [0.15, 0.2) is 12.1 Å². The van der Waals surface area contributed by atoms with Gasteiger partial charge in [-0.1, -0.05) is 6.92 Å². The van der Waals surface area contributed by atoms with Gasteiger partial charge in [0.15, 0.2) is 0 Å². The Morgan fingerprint density at radius 1 is 1.25 bits per heavy atom. The molecule has 3 aliphatic rings. The van der Waals surface area contributed by atoms with Gasteiger partial charge in [-0.25, -0.2) is 0 Å². The van der Waals surface area contributed by atoms with E-state index in [0.29, 0.717) is 17.2 Å². The fraction of sp³-hybridized carbons (Fsp3) is 0.650. The van der Waals surface area contributed by atoms with Crippen LogP contribution in [0, 0.1) is 21.4 Å². The highest BCUT2D eigenvalue weighted by molar-refractivity contribution is 6.02. The Kier molecular flexibility index (Phi) is 4.91. The molecule has 1 aliphatic carbocycles. The molecule has 3 fully saturated rings. The van der Waals surface area contributed by atoms with Crippen LogP contribution in [0.25, 0.3) is 0 Å². The first-order valence-corrected chi connectivity index (χ1v) is 10.0. The van der Waals surface area contributed by atoms with E-state index in [9.17, 15) is 14.9 Å². The first-order chi connectivity index (χ1) is 13.4. The normalized spacial score (nSPS) is 25.6. The Morgan fingerprint density at radius 3 is 2.46 bits per heavy atom. The number of hydrogen-bond acceptors (Lipinski definition) is 6. The van der Waals surface area contributed by atoms with Crippen molar-refractivity contribution in [2.75, 3.05) is 43.6 Å². The summed E-state index contributed by atoms with van der Waals surface area (Å²) in [5.74, 6) is 0.479. The smallest absolute Gasteiger partial charge is 0.293 e. The molecule has 2 N–H and O–H groups in total. The summed E-state index contributed by atoms with van der Waals surface area (Å²) in [6.07, 6.45) is 4.13. The lowest BCUT2D eigenvalue weighted by Gasteiger charge is -2.56. The summed E-state index contributed by atoms with van der Waals surface area (Å²) in [4.78, 5) is 26.3. The minimum absolute atomic E-state index is 0.0733. The number of benzene rings is 1. The number of nitro groups is 1. The number of nitrogens with zero attached hydrogens (tertiary/aromatic N) is 2. The Balaban J connectivity index is 1.60. The van der Waals surface area contributed by atoms with E-state index in [1.54, 1.807) is 13.1 Å². The van der Waals surface area contributed by atoms with Crippen LogP contribution in [0.5, 0.6) is 0 Å². The molecule has 0 atom stereocenters. The average molecular weight is 388 g/mol. The van der Waals surface area contributed by atoms with Gasteiger partial charge in [0.1, 0.15) is 5.69 Å². The van der Waals surface area contributed by atoms with Gasteiger partial charge < -0.3 is 20.3 Å². The van der Waals surface area contributed by atoms with Crippen LogP contribution in [-0.4, -0.2) is 50.2 Å². The lowest BCUT2D eigenvalue weighted by molar-refractivity contribution is -0.384. The fourth-order valence-corrected chi connectivity index (χ4v) is 4.55. The Morgan fingerprint density at radius 2 is 1.93 bits per heavy atom. The van der Waals surface area contributed by atoms with Crippen LogP contribution in [-0.2, 0) is 4.74 Å². The molecule has 2 saturated heterocycles. The summed E-state index contributed by atoms with van der Waals surface area (Å²) in [5.41, 5.74) is 1.69. The van der Waals surface area contributed by atoms with Gasteiger partial charge in [-0.05, 0) is 37.7 Å². The van der Waals surface area contributed by atoms with Crippen LogP contribution in [0.2, 0.25) is 0 Å². The molecule has 152 valence electrons. The second-order valence-corrected chi connectivity index (χ2v) is 8.67. The fourth-order valence-electron chi connectivity index (χ4n) is 4.55. The van der Waals surface area contributed by atoms with Crippen molar-refractivity contribution in [3.8, 4) is 0 Å². The number of nitro benzene ring substituents is 1. The predicted octanol–water partition coefficient (Wildman–Crippen LogP) is 2.78. The molecule has 0 radical (unpaired) electrons. The maximum Gasteiger partial charge on any atom is 0.293 e. The number of ether oxygens (including phenoxy) is 1. The van der Waals surface area contributed by atoms with E-state index < -0.39 is 4.92 Å². The maximum absolute atomic E-state index is 13.1. The van der Waals surface area contributed by atoms with Crippen LogP contribution >= 0.6 is 0 Å². The van der Waals surface area contributed by atoms with Crippen molar-refractivity contribution < 1.29 is 14.5 Å². The van der Waals surface area contributed by atoms with E-state index in [1.165, 1.54) is 6.07 Å². The quantitative estimate of drug-likeness (QED) is 0.595. The van der Waals surface area contributed by atoms with E-state index in [2.05, 4.69) is 22.5 Å². The monoisotopic (exact) mass is 388 g/mol. The third-order valence-electron chi connectivity index (χ3n) is 6.39. The SMILES string of the molecule is CNc1cc(N2CC3(COC3)C2)c(C(=O)N[C@H]2CC[C@H](C)CC2)cc1[N+](=O)[O-]. The molecular weight excluding hydrogens is 360 g/mol. The topological polar surface area (TPSA) is 96.7 Å². The van der Waals surface area contributed by atoms with Gasteiger partial charge in [0.25, 0.3) is 11.6 Å². The van der Waals surface area contributed by atoms with E-state index in [-0.39, 0.29) is 23.1 Å². The summed E-state index contributed by atoms with van der Waals surface area (Å²) in [6.45, 7) is 5.36. The highest BCUT2D eigenvalue weighted by Crippen LogP contribution is 2.43. The summed E-state index contributed by atoms with van der Waals surface area (Å²) in [6, 6.07) is 3.30. The summed E-state index contributed by atoms with van der Waals surface area (Å²) >= 11 is 0. The average Bonchev–Trinajstić information content (AvgIpc) is 2.60. The highest BCUT2D eigenvalue weighted by atomic mass is 16.6. The van der Waals surface area contributed by atoms with Crippen molar-refractivity contribution in [2.45, 2.75) is 38.6 Å². The molecule has 1 aromatic rings. The third-order valence-corrected chi connectivity index (χ3v) is 6.39. The van der Waals surface area contributed by atoms with Crippen LogP contribution in [0.4, 0.5) is 17.1 Å². The molecular formula is C20H28N4O4. The van der Waals surface area contributed by atoms with Gasteiger partial charge in [0.05, 0.1) is 34.8 Å². The molecule has 8 heteroatoms. The number of hydrogen-bond donors (Lipinski definition) is 2. The van der Waals surface area contributed by atoms with Crippen molar-refractivity contribution in [1.29, 1.82) is 0 Å². The summed E-state index contributed by atoms with van der Waals surface area (Å²) in [7, 11) is 1.66. The number of carbonyl (C=O) groups excluding carboxylic acids is 1.